The third kappa shape index (κ3) is 4.67. The van der Waals surface area contributed by atoms with E-state index in [9.17, 15) is 22.8 Å². The maximum atomic E-state index is 14.6. The summed E-state index contributed by atoms with van der Waals surface area (Å²) in [6, 6.07) is 12.4. The van der Waals surface area contributed by atoms with Crippen LogP contribution in [0.5, 0.6) is 0 Å². The number of amides is 1. The summed E-state index contributed by atoms with van der Waals surface area (Å²) in [5.41, 5.74) is 2.94. The van der Waals surface area contributed by atoms with E-state index >= 15 is 0 Å². The van der Waals surface area contributed by atoms with Gasteiger partial charge in [0.1, 0.15) is 6.10 Å². The van der Waals surface area contributed by atoms with Crippen LogP contribution in [-0.4, -0.2) is 44.5 Å². The molecule has 2 aliphatic rings. The number of anilines is 2. The second-order valence-electron chi connectivity index (χ2n) is 9.55. The SMILES string of the molecule is O=C(OC1CC(F)(F)C1)N1CCc2cc(-c3ncc(F)c(Nc4ccc5c(=O)[nH]ccc5c4)n3)ccc2C1. The molecule has 1 fully saturated rings. The number of benzene rings is 2. The minimum Gasteiger partial charge on any atom is -0.446 e. The Morgan fingerprint density at radius 1 is 1.13 bits per heavy atom. The van der Waals surface area contributed by atoms with Gasteiger partial charge in [0, 0.05) is 48.8 Å². The average Bonchev–Trinajstić information content (AvgIpc) is 2.88. The first kappa shape index (κ1) is 24.0. The normalized spacial score (nSPS) is 16.6. The fourth-order valence-corrected chi connectivity index (χ4v) is 4.76. The zero-order valence-electron chi connectivity index (χ0n) is 20.0. The van der Waals surface area contributed by atoms with Crippen molar-refractivity contribution < 1.29 is 22.7 Å². The molecule has 2 aromatic carbocycles. The molecular formula is C27H22F3N5O3. The van der Waals surface area contributed by atoms with Crippen LogP contribution >= 0.6 is 0 Å². The highest BCUT2D eigenvalue weighted by atomic mass is 19.3. The first-order chi connectivity index (χ1) is 18.2. The maximum absolute atomic E-state index is 14.6. The summed E-state index contributed by atoms with van der Waals surface area (Å²) in [7, 11) is 0. The maximum Gasteiger partial charge on any atom is 0.410 e. The number of fused-ring (bicyclic) bond motifs is 2. The van der Waals surface area contributed by atoms with Gasteiger partial charge < -0.3 is 19.9 Å². The molecule has 1 aliphatic heterocycles. The lowest BCUT2D eigenvalue weighted by molar-refractivity contribution is -0.148. The zero-order chi connectivity index (χ0) is 26.4. The molecule has 0 atom stereocenters. The minimum absolute atomic E-state index is 0.00703. The van der Waals surface area contributed by atoms with Crippen molar-refractivity contribution in [1.29, 1.82) is 0 Å². The Balaban J connectivity index is 1.18. The van der Waals surface area contributed by atoms with Crippen molar-refractivity contribution in [2.45, 2.75) is 37.8 Å². The number of hydrogen-bond donors (Lipinski definition) is 2. The molecule has 4 aromatic rings. The predicted molar refractivity (Wildman–Crippen MR) is 134 cm³/mol. The molecule has 1 saturated carbocycles. The van der Waals surface area contributed by atoms with Crippen molar-refractivity contribution in [3.8, 4) is 11.4 Å². The Morgan fingerprint density at radius 3 is 2.79 bits per heavy atom. The number of alkyl halides is 2. The fourth-order valence-electron chi connectivity index (χ4n) is 4.76. The van der Waals surface area contributed by atoms with Gasteiger partial charge in [-0.25, -0.2) is 27.9 Å². The van der Waals surface area contributed by atoms with Gasteiger partial charge in [-0.2, -0.15) is 0 Å². The van der Waals surface area contributed by atoms with Crippen LogP contribution in [-0.2, 0) is 17.7 Å². The van der Waals surface area contributed by atoms with Crippen LogP contribution in [0.4, 0.5) is 29.5 Å². The minimum atomic E-state index is -2.75. The smallest absolute Gasteiger partial charge is 0.410 e. The number of pyridine rings is 1. The Hall–Kier alpha value is -4.41. The van der Waals surface area contributed by atoms with Crippen molar-refractivity contribution >= 4 is 28.4 Å². The molecule has 0 saturated heterocycles. The summed E-state index contributed by atoms with van der Waals surface area (Å²) < 4.78 is 45.8. The molecule has 3 heterocycles. The van der Waals surface area contributed by atoms with Crippen molar-refractivity contribution in [1.82, 2.24) is 19.9 Å². The van der Waals surface area contributed by atoms with Crippen LogP contribution < -0.4 is 10.9 Å². The largest absolute Gasteiger partial charge is 0.446 e. The second-order valence-corrected chi connectivity index (χ2v) is 9.55. The Bertz CT molecular complexity index is 1620. The van der Waals surface area contributed by atoms with E-state index in [1.54, 1.807) is 36.5 Å². The first-order valence-electron chi connectivity index (χ1n) is 12.1. The van der Waals surface area contributed by atoms with E-state index in [1.165, 1.54) is 4.90 Å². The monoisotopic (exact) mass is 521 g/mol. The van der Waals surface area contributed by atoms with Crippen LogP contribution in [0.3, 0.4) is 0 Å². The molecular weight excluding hydrogens is 499 g/mol. The molecule has 38 heavy (non-hydrogen) atoms. The van der Waals surface area contributed by atoms with Crippen molar-refractivity contribution in [2.75, 3.05) is 11.9 Å². The van der Waals surface area contributed by atoms with E-state index in [4.69, 9.17) is 4.74 Å². The predicted octanol–water partition coefficient (Wildman–Crippen LogP) is 5.16. The van der Waals surface area contributed by atoms with Gasteiger partial charge in [0.15, 0.2) is 17.5 Å². The molecule has 2 N–H and O–H groups in total. The van der Waals surface area contributed by atoms with E-state index in [0.29, 0.717) is 47.4 Å². The Kier molecular flexibility index (Phi) is 5.77. The molecule has 6 rings (SSSR count). The Morgan fingerprint density at radius 2 is 1.97 bits per heavy atom. The molecule has 0 unspecified atom stereocenters. The number of aromatic nitrogens is 3. The summed E-state index contributed by atoms with van der Waals surface area (Å²) in [4.78, 5) is 37.0. The van der Waals surface area contributed by atoms with Crippen LogP contribution in [0.1, 0.15) is 24.0 Å². The summed E-state index contributed by atoms with van der Waals surface area (Å²) in [6.07, 6.45) is 1.00. The van der Waals surface area contributed by atoms with E-state index < -0.39 is 36.8 Å². The van der Waals surface area contributed by atoms with Gasteiger partial charge in [-0.05, 0) is 53.3 Å². The van der Waals surface area contributed by atoms with E-state index in [0.717, 1.165) is 17.3 Å². The van der Waals surface area contributed by atoms with Crippen LogP contribution in [0.2, 0.25) is 0 Å². The molecule has 194 valence electrons. The molecule has 8 nitrogen and oxygen atoms in total. The highest BCUT2D eigenvalue weighted by Crippen LogP contribution is 2.39. The second kappa shape index (κ2) is 9.16. The molecule has 1 amide bonds. The summed E-state index contributed by atoms with van der Waals surface area (Å²) in [5.74, 6) is -3.06. The van der Waals surface area contributed by atoms with Gasteiger partial charge in [-0.3, -0.25) is 4.79 Å². The first-order valence-corrected chi connectivity index (χ1v) is 12.1. The number of ether oxygens (including phenoxy) is 1. The molecule has 11 heteroatoms. The number of carbonyl (C=O) groups excluding carboxylic acids is 1. The molecule has 0 radical (unpaired) electrons. The number of H-pyrrole nitrogens is 1. The third-order valence-electron chi connectivity index (χ3n) is 6.84. The Labute approximate surface area is 214 Å². The molecule has 0 bridgehead atoms. The fraction of sp³-hybridized carbons (Fsp3) is 0.259. The number of halogens is 3. The number of hydrogen-bond acceptors (Lipinski definition) is 6. The van der Waals surface area contributed by atoms with Crippen molar-refractivity contribution in [2.24, 2.45) is 0 Å². The van der Waals surface area contributed by atoms with Crippen molar-refractivity contribution in [3.05, 3.63) is 82.2 Å². The van der Waals surface area contributed by atoms with Gasteiger partial charge in [0.2, 0.25) is 0 Å². The lowest BCUT2D eigenvalue weighted by Gasteiger charge is -2.36. The van der Waals surface area contributed by atoms with Crippen LogP contribution in [0, 0.1) is 5.82 Å². The van der Waals surface area contributed by atoms with Gasteiger partial charge in [-0.1, -0.05) is 12.1 Å². The summed E-state index contributed by atoms with van der Waals surface area (Å²) in [6.45, 7) is 0.694. The van der Waals surface area contributed by atoms with Crippen LogP contribution in [0.15, 0.2) is 59.7 Å². The van der Waals surface area contributed by atoms with Crippen LogP contribution in [0.25, 0.3) is 22.2 Å². The van der Waals surface area contributed by atoms with Gasteiger partial charge in [0.05, 0.1) is 6.20 Å². The highest BCUT2D eigenvalue weighted by Gasteiger charge is 2.48. The number of aromatic amines is 1. The van der Waals surface area contributed by atoms with Crippen molar-refractivity contribution in [3.63, 3.8) is 0 Å². The highest BCUT2D eigenvalue weighted by molar-refractivity contribution is 5.85. The van der Waals surface area contributed by atoms with Gasteiger partial charge in [0.25, 0.3) is 11.5 Å². The molecule has 1 aliphatic carbocycles. The third-order valence-corrected chi connectivity index (χ3v) is 6.84. The van der Waals surface area contributed by atoms with E-state index in [2.05, 4.69) is 20.3 Å². The molecule has 0 spiro atoms. The summed E-state index contributed by atoms with van der Waals surface area (Å²) >= 11 is 0. The number of nitrogens with zero attached hydrogens (tertiary/aromatic N) is 3. The van der Waals surface area contributed by atoms with Gasteiger partial charge >= 0.3 is 6.09 Å². The molecule has 2 aromatic heterocycles. The number of nitrogens with one attached hydrogen (secondary N) is 2. The summed E-state index contributed by atoms with van der Waals surface area (Å²) in [5, 5.41) is 4.18. The lowest BCUT2D eigenvalue weighted by Crippen LogP contribution is -2.46. The lowest BCUT2D eigenvalue weighted by atomic mass is 9.91. The topological polar surface area (TPSA) is 100 Å². The zero-order valence-corrected chi connectivity index (χ0v) is 20.0. The van der Waals surface area contributed by atoms with E-state index in [-0.39, 0.29) is 11.4 Å². The van der Waals surface area contributed by atoms with E-state index in [1.807, 2.05) is 12.1 Å². The number of rotatable bonds is 4. The van der Waals surface area contributed by atoms with Gasteiger partial charge in [-0.15, -0.1) is 0 Å². The number of carbonyl (C=O) groups is 1. The average molecular weight is 521 g/mol. The standard InChI is InChI=1S/C27H22F3N5O3/c28-22-13-32-23(34-24(22)33-19-3-4-21-16(10-19)5-7-31-25(21)36)17-1-2-18-14-35(8-6-15(18)9-17)26(37)38-20-11-27(29,30)12-20/h1-5,7,9-10,13,20H,6,8,11-12,14H2,(H,31,36)(H,32,33,34). The quantitative estimate of drug-likeness (QED) is 0.385.